The van der Waals surface area contributed by atoms with Crippen LogP contribution in [0.2, 0.25) is 0 Å². The van der Waals surface area contributed by atoms with Crippen molar-refractivity contribution in [2.24, 2.45) is 0 Å². The van der Waals surface area contributed by atoms with E-state index in [0.717, 1.165) is 10.9 Å². The van der Waals surface area contributed by atoms with Gasteiger partial charge in [0.05, 0.1) is 36.1 Å². The molecule has 0 unspecified atom stereocenters. The van der Waals surface area contributed by atoms with Crippen molar-refractivity contribution in [2.75, 3.05) is 21.2 Å². The van der Waals surface area contributed by atoms with Gasteiger partial charge in [-0.3, -0.25) is 4.79 Å². The Balaban J connectivity index is 1.77. The molecule has 0 fully saturated rings. The zero-order valence-electron chi connectivity index (χ0n) is 18.9. The highest BCUT2D eigenvalue weighted by Crippen LogP contribution is 2.42. The molecule has 4 heterocycles. The maximum atomic E-state index is 13.3. The van der Waals surface area contributed by atoms with Gasteiger partial charge in [-0.05, 0) is 32.6 Å². The summed E-state index contributed by atoms with van der Waals surface area (Å²) in [6, 6.07) is 5.29. The average molecular weight is 451 g/mol. The largest absolute Gasteiger partial charge is 0.504 e. The van der Waals surface area contributed by atoms with Crippen LogP contribution in [0.3, 0.4) is 0 Å². The van der Waals surface area contributed by atoms with Crippen molar-refractivity contribution in [1.29, 1.82) is 0 Å². The molecule has 3 aromatic rings. The first kappa shape index (κ1) is 21.4. The van der Waals surface area contributed by atoms with Crippen LogP contribution in [-0.4, -0.2) is 51.8 Å². The number of cyclic esters (lactones) is 1. The quantitative estimate of drug-likeness (QED) is 0.452. The number of aromatic hydroxyl groups is 1. The van der Waals surface area contributed by atoms with Crippen molar-refractivity contribution < 1.29 is 24.5 Å². The summed E-state index contributed by atoms with van der Waals surface area (Å²) >= 11 is 0. The van der Waals surface area contributed by atoms with E-state index in [1.807, 2.05) is 25.1 Å². The summed E-state index contributed by atoms with van der Waals surface area (Å²) in [5.41, 5.74) is 1.65. The van der Waals surface area contributed by atoms with E-state index in [9.17, 15) is 19.8 Å². The molecule has 5 rings (SSSR count). The second kappa shape index (κ2) is 7.29. The molecule has 0 amide bonds. The molecule has 0 saturated heterocycles. The van der Waals surface area contributed by atoms with Gasteiger partial charge in [-0.2, -0.15) is 0 Å². The number of hydrogen-bond donors (Lipinski definition) is 2. The Labute approximate surface area is 189 Å². The second-order valence-electron chi connectivity index (χ2n) is 8.81. The van der Waals surface area contributed by atoms with E-state index in [-0.39, 0.29) is 35.5 Å². The SMILES string of the molecule is CC[C@@]1(O)C(=O)OCc2c1cc1n(c2=O)Cc2cc3c(CN(C)C)c(O)c(OC)cc3nc2-1. The van der Waals surface area contributed by atoms with Gasteiger partial charge in [0, 0.05) is 34.7 Å². The number of carbonyl (C=O) groups is 1. The molecule has 172 valence electrons. The van der Waals surface area contributed by atoms with E-state index < -0.39 is 11.6 Å². The molecule has 2 aliphatic heterocycles. The van der Waals surface area contributed by atoms with Crippen LogP contribution < -0.4 is 10.3 Å². The number of ether oxygens (including phenoxy) is 2. The smallest absolute Gasteiger partial charge is 0.343 e. The second-order valence-corrected chi connectivity index (χ2v) is 8.81. The minimum atomic E-state index is -1.87. The molecule has 2 aromatic heterocycles. The van der Waals surface area contributed by atoms with Crippen molar-refractivity contribution in [1.82, 2.24) is 14.5 Å². The van der Waals surface area contributed by atoms with Crippen LogP contribution in [0.15, 0.2) is 23.0 Å². The topological polar surface area (TPSA) is 114 Å². The predicted octanol–water partition coefficient (Wildman–Crippen LogP) is 1.86. The first-order valence-electron chi connectivity index (χ1n) is 10.7. The van der Waals surface area contributed by atoms with E-state index in [1.54, 1.807) is 23.6 Å². The lowest BCUT2D eigenvalue weighted by atomic mass is 9.86. The highest BCUT2D eigenvalue weighted by atomic mass is 16.6. The Morgan fingerprint density at radius 1 is 1.27 bits per heavy atom. The fourth-order valence-corrected chi connectivity index (χ4v) is 4.79. The first-order valence-corrected chi connectivity index (χ1v) is 10.7. The van der Waals surface area contributed by atoms with E-state index >= 15 is 0 Å². The van der Waals surface area contributed by atoms with Gasteiger partial charge >= 0.3 is 5.97 Å². The molecule has 9 nitrogen and oxygen atoms in total. The summed E-state index contributed by atoms with van der Waals surface area (Å²) in [6.07, 6.45) is 0.0874. The number of rotatable bonds is 4. The maximum Gasteiger partial charge on any atom is 0.343 e. The van der Waals surface area contributed by atoms with Crippen molar-refractivity contribution in [3.8, 4) is 22.9 Å². The number of aliphatic hydroxyl groups is 1. The number of aromatic nitrogens is 2. The minimum absolute atomic E-state index is 0.0623. The van der Waals surface area contributed by atoms with E-state index in [2.05, 4.69) is 0 Å². The van der Waals surface area contributed by atoms with Crippen LogP contribution in [0.1, 0.15) is 35.6 Å². The van der Waals surface area contributed by atoms with Gasteiger partial charge in [-0.1, -0.05) is 6.92 Å². The highest BCUT2D eigenvalue weighted by Gasteiger charge is 2.45. The average Bonchev–Trinajstić information content (AvgIpc) is 3.15. The third-order valence-corrected chi connectivity index (χ3v) is 6.55. The molecular weight excluding hydrogens is 426 g/mol. The van der Waals surface area contributed by atoms with Crippen molar-refractivity contribution >= 4 is 16.9 Å². The molecule has 1 aromatic carbocycles. The molecule has 9 heteroatoms. The van der Waals surface area contributed by atoms with Crippen molar-refractivity contribution in [3.63, 3.8) is 0 Å². The molecule has 0 aliphatic carbocycles. The lowest BCUT2D eigenvalue weighted by Crippen LogP contribution is -2.44. The zero-order chi connectivity index (χ0) is 23.7. The van der Waals surface area contributed by atoms with Crippen molar-refractivity contribution in [3.05, 3.63) is 50.8 Å². The first-order chi connectivity index (χ1) is 15.7. The monoisotopic (exact) mass is 451 g/mol. The number of hydrogen-bond acceptors (Lipinski definition) is 8. The maximum absolute atomic E-state index is 13.3. The summed E-state index contributed by atoms with van der Waals surface area (Å²) in [7, 11) is 5.30. The van der Waals surface area contributed by atoms with Gasteiger partial charge in [-0.25, -0.2) is 9.78 Å². The Hall–Kier alpha value is -3.43. The third kappa shape index (κ3) is 2.96. The Morgan fingerprint density at radius 3 is 2.70 bits per heavy atom. The van der Waals surface area contributed by atoms with Gasteiger partial charge in [-0.15, -0.1) is 0 Å². The number of phenols is 1. The number of pyridine rings is 2. The summed E-state index contributed by atoms with van der Waals surface area (Å²) in [4.78, 5) is 32.4. The number of phenolic OH excluding ortho intramolecular Hbond substituents is 1. The molecule has 0 radical (unpaired) electrons. The lowest BCUT2D eigenvalue weighted by molar-refractivity contribution is -0.172. The summed E-state index contributed by atoms with van der Waals surface area (Å²) in [6.45, 7) is 2.28. The number of esters is 1. The molecule has 1 atom stereocenters. The van der Waals surface area contributed by atoms with Gasteiger partial charge in [0.25, 0.3) is 5.56 Å². The van der Waals surface area contributed by atoms with Gasteiger partial charge < -0.3 is 29.2 Å². The Morgan fingerprint density at radius 2 is 2.03 bits per heavy atom. The van der Waals surface area contributed by atoms with Crippen LogP contribution in [0.4, 0.5) is 0 Å². The zero-order valence-corrected chi connectivity index (χ0v) is 18.9. The minimum Gasteiger partial charge on any atom is -0.504 e. The number of carbonyl (C=O) groups excluding carboxylic acids is 1. The number of methoxy groups -OCH3 is 1. The van der Waals surface area contributed by atoms with Gasteiger partial charge in [0.2, 0.25) is 0 Å². The number of nitrogens with zero attached hydrogens (tertiary/aromatic N) is 3. The summed E-state index contributed by atoms with van der Waals surface area (Å²) < 4.78 is 12.1. The predicted molar refractivity (Wildman–Crippen MR) is 120 cm³/mol. The number of fused-ring (bicyclic) bond motifs is 5. The Kier molecular flexibility index (Phi) is 4.73. The molecule has 2 aliphatic rings. The fraction of sp³-hybridized carbons (Fsp3) is 0.375. The third-order valence-electron chi connectivity index (χ3n) is 6.55. The summed E-state index contributed by atoms with van der Waals surface area (Å²) in [5.74, 6) is -0.372. The van der Waals surface area contributed by atoms with Crippen LogP contribution in [-0.2, 0) is 34.8 Å². The van der Waals surface area contributed by atoms with Crippen LogP contribution in [0.5, 0.6) is 11.5 Å². The van der Waals surface area contributed by atoms with E-state index in [4.69, 9.17) is 14.5 Å². The molecular formula is C24H25N3O6. The fourth-order valence-electron chi connectivity index (χ4n) is 4.79. The van der Waals surface area contributed by atoms with E-state index in [1.165, 1.54) is 7.11 Å². The van der Waals surface area contributed by atoms with Crippen LogP contribution in [0.25, 0.3) is 22.3 Å². The normalized spacial score (nSPS) is 18.8. The molecule has 0 spiro atoms. The number of benzene rings is 1. The lowest BCUT2D eigenvalue weighted by Gasteiger charge is -2.31. The molecule has 0 bridgehead atoms. The van der Waals surface area contributed by atoms with Crippen LogP contribution >= 0.6 is 0 Å². The summed E-state index contributed by atoms with van der Waals surface area (Å²) in [5, 5.41) is 22.5. The molecule has 0 saturated carbocycles. The van der Waals surface area contributed by atoms with Crippen LogP contribution in [0, 0.1) is 0 Å². The van der Waals surface area contributed by atoms with Gasteiger partial charge in [0.15, 0.2) is 17.1 Å². The molecule has 33 heavy (non-hydrogen) atoms. The van der Waals surface area contributed by atoms with E-state index in [0.29, 0.717) is 41.3 Å². The van der Waals surface area contributed by atoms with Crippen molar-refractivity contribution in [2.45, 2.75) is 38.6 Å². The highest BCUT2D eigenvalue weighted by molar-refractivity contribution is 5.91. The van der Waals surface area contributed by atoms with Gasteiger partial charge in [0.1, 0.15) is 6.61 Å². The Bertz CT molecular complexity index is 1390. The molecule has 2 N–H and O–H groups in total. The standard InChI is InChI=1S/C24H25N3O6/c1-5-24(31)16-7-18-20-12(9-27(18)22(29)15(16)11-33-23(24)30)6-13-14(10-26(2)3)21(28)19(32-4)8-17(13)25-20/h6-8,28,31H,5,9-11H2,1-4H3/t24-/m0/s1.